The number of amides is 1. The van der Waals surface area contributed by atoms with Crippen molar-refractivity contribution >= 4 is 17.7 Å². The molecular formula is C15H20N4OS. The minimum atomic E-state index is -0.314. The molecule has 21 heavy (non-hydrogen) atoms. The summed E-state index contributed by atoms with van der Waals surface area (Å²) in [5, 5.41) is 10.0. The molecule has 0 saturated heterocycles. The number of carbonyl (C=O) groups is 1. The number of nitrogens with one attached hydrogen (secondary N) is 2. The van der Waals surface area contributed by atoms with Crippen LogP contribution in [0.2, 0.25) is 0 Å². The highest BCUT2D eigenvalue weighted by Gasteiger charge is 2.20. The lowest BCUT2D eigenvalue weighted by Gasteiger charge is -2.16. The van der Waals surface area contributed by atoms with Crippen molar-refractivity contribution in [3.05, 3.63) is 47.5 Å². The minimum Gasteiger partial charge on any atom is -0.341 e. The average Bonchev–Trinajstić information content (AvgIpc) is 2.92. The third-order valence-corrected chi connectivity index (χ3v) is 4.06. The molecule has 1 heterocycles. The fraction of sp³-hybridized carbons (Fsp3) is 0.400. The quantitative estimate of drug-likeness (QED) is 0.771. The minimum absolute atomic E-state index is 0.00440. The van der Waals surface area contributed by atoms with Gasteiger partial charge < -0.3 is 5.32 Å². The molecule has 5 nitrogen and oxygen atoms in total. The van der Waals surface area contributed by atoms with Crippen molar-refractivity contribution in [2.45, 2.75) is 26.3 Å². The smallest absolute Gasteiger partial charge is 0.230 e. The SMILES string of the molecule is CCCSCC(=O)N[C@@H](c1ccccc1)c1n[nH]c(C)n1. The summed E-state index contributed by atoms with van der Waals surface area (Å²) >= 11 is 1.64. The van der Waals surface area contributed by atoms with Gasteiger partial charge in [-0.15, -0.1) is 0 Å². The van der Waals surface area contributed by atoms with Gasteiger partial charge >= 0.3 is 0 Å². The van der Waals surface area contributed by atoms with Crippen molar-refractivity contribution < 1.29 is 4.79 Å². The van der Waals surface area contributed by atoms with Crippen molar-refractivity contribution in [2.24, 2.45) is 0 Å². The third-order valence-electron chi connectivity index (χ3n) is 2.89. The van der Waals surface area contributed by atoms with E-state index in [-0.39, 0.29) is 11.9 Å². The molecule has 0 aliphatic rings. The van der Waals surface area contributed by atoms with Crippen molar-refractivity contribution in [3.63, 3.8) is 0 Å². The molecule has 2 aromatic rings. The van der Waals surface area contributed by atoms with Gasteiger partial charge in [0, 0.05) is 0 Å². The van der Waals surface area contributed by atoms with E-state index in [4.69, 9.17) is 0 Å². The highest BCUT2D eigenvalue weighted by atomic mass is 32.2. The first-order valence-electron chi connectivity index (χ1n) is 7.01. The first-order chi connectivity index (χ1) is 10.2. The summed E-state index contributed by atoms with van der Waals surface area (Å²) in [6.07, 6.45) is 1.07. The molecule has 2 rings (SSSR count). The average molecular weight is 304 g/mol. The van der Waals surface area contributed by atoms with Crippen LogP contribution < -0.4 is 5.32 Å². The number of aromatic amines is 1. The molecule has 2 N–H and O–H groups in total. The molecule has 6 heteroatoms. The molecule has 1 amide bonds. The first kappa shape index (κ1) is 15.6. The molecule has 1 aromatic carbocycles. The van der Waals surface area contributed by atoms with Gasteiger partial charge in [0.1, 0.15) is 11.9 Å². The number of hydrogen-bond donors (Lipinski definition) is 2. The lowest BCUT2D eigenvalue weighted by Crippen LogP contribution is -2.31. The van der Waals surface area contributed by atoms with Gasteiger partial charge in [-0.05, 0) is 24.7 Å². The molecule has 0 aliphatic carbocycles. The second-order valence-electron chi connectivity index (χ2n) is 4.74. The van der Waals surface area contributed by atoms with Gasteiger partial charge in [-0.3, -0.25) is 9.89 Å². The number of H-pyrrole nitrogens is 1. The summed E-state index contributed by atoms with van der Waals surface area (Å²) < 4.78 is 0. The lowest BCUT2D eigenvalue weighted by molar-refractivity contribution is -0.119. The Kier molecular flexibility index (Phi) is 5.80. The van der Waals surface area contributed by atoms with Gasteiger partial charge in [-0.1, -0.05) is 37.3 Å². The van der Waals surface area contributed by atoms with E-state index < -0.39 is 0 Å². The van der Waals surface area contributed by atoms with Crippen LogP contribution in [0.3, 0.4) is 0 Å². The maximum atomic E-state index is 12.1. The predicted molar refractivity (Wildman–Crippen MR) is 85.2 cm³/mol. The number of carbonyl (C=O) groups excluding carboxylic acids is 1. The summed E-state index contributed by atoms with van der Waals surface area (Å²) in [5.41, 5.74) is 0.977. The van der Waals surface area contributed by atoms with Crippen molar-refractivity contribution in [1.82, 2.24) is 20.5 Å². The van der Waals surface area contributed by atoms with E-state index in [1.807, 2.05) is 37.3 Å². The molecule has 1 atom stereocenters. The largest absolute Gasteiger partial charge is 0.341 e. The molecule has 1 aromatic heterocycles. The Balaban J connectivity index is 2.11. The molecule has 0 fully saturated rings. The van der Waals surface area contributed by atoms with E-state index in [0.717, 1.165) is 23.6 Å². The van der Waals surface area contributed by atoms with E-state index in [2.05, 4.69) is 27.4 Å². The Hall–Kier alpha value is -1.82. The molecule has 0 aliphatic heterocycles. The number of rotatable bonds is 7. The van der Waals surface area contributed by atoms with E-state index in [9.17, 15) is 4.79 Å². The van der Waals surface area contributed by atoms with Gasteiger partial charge in [-0.2, -0.15) is 16.9 Å². The van der Waals surface area contributed by atoms with Crippen molar-refractivity contribution in [2.75, 3.05) is 11.5 Å². The van der Waals surface area contributed by atoms with E-state index in [1.54, 1.807) is 11.8 Å². The van der Waals surface area contributed by atoms with E-state index >= 15 is 0 Å². The van der Waals surface area contributed by atoms with Crippen LogP contribution in [-0.4, -0.2) is 32.6 Å². The van der Waals surface area contributed by atoms with Crippen LogP contribution in [0, 0.1) is 6.92 Å². The Labute approximate surface area is 128 Å². The van der Waals surface area contributed by atoms with Crippen LogP contribution in [0.5, 0.6) is 0 Å². The number of benzene rings is 1. The van der Waals surface area contributed by atoms with Gasteiger partial charge in [0.25, 0.3) is 0 Å². The molecule has 0 spiro atoms. The highest BCUT2D eigenvalue weighted by molar-refractivity contribution is 7.99. The fourth-order valence-electron chi connectivity index (χ4n) is 1.94. The molecule has 0 bridgehead atoms. The van der Waals surface area contributed by atoms with Gasteiger partial charge in [0.05, 0.1) is 5.75 Å². The summed E-state index contributed by atoms with van der Waals surface area (Å²) in [6.45, 7) is 3.95. The number of nitrogens with zero attached hydrogens (tertiary/aromatic N) is 2. The zero-order valence-electron chi connectivity index (χ0n) is 12.3. The summed E-state index contributed by atoms with van der Waals surface area (Å²) in [5.74, 6) is 2.78. The Bertz CT molecular complexity index is 570. The van der Waals surface area contributed by atoms with Gasteiger partial charge in [-0.25, -0.2) is 4.98 Å². The fourth-order valence-corrected chi connectivity index (χ4v) is 2.65. The molecule has 112 valence electrons. The number of thioether (sulfide) groups is 1. The van der Waals surface area contributed by atoms with E-state index in [1.165, 1.54) is 0 Å². The van der Waals surface area contributed by atoms with Crippen LogP contribution in [0.1, 0.15) is 36.6 Å². The van der Waals surface area contributed by atoms with Gasteiger partial charge in [0.15, 0.2) is 5.82 Å². The molecule has 0 unspecified atom stereocenters. The van der Waals surface area contributed by atoms with Gasteiger partial charge in [0.2, 0.25) is 5.91 Å². The van der Waals surface area contributed by atoms with Crippen molar-refractivity contribution in [1.29, 1.82) is 0 Å². The highest BCUT2D eigenvalue weighted by Crippen LogP contribution is 2.19. The molecule has 0 radical (unpaired) electrons. The van der Waals surface area contributed by atoms with Crippen LogP contribution in [0.25, 0.3) is 0 Å². The lowest BCUT2D eigenvalue weighted by atomic mass is 10.1. The Morgan fingerprint density at radius 3 is 2.76 bits per heavy atom. The Morgan fingerprint density at radius 1 is 1.38 bits per heavy atom. The van der Waals surface area contributed by atoms with Crippen molar-refractivity contribution in [3.8, 4) is 0 Å². The number of hydrogen-bond acceptors (Lipinski definition) is 4. The predicted octanol–water partition coefficient (Wildman–Crippen LogP) is 2.46. The standard InChI is InChI=1S/C15H20N4OS/c1-3-9-21-10-13(20)17-14(12-7-5-4-6-8-12)15-16-11(2)18-19-15/h4-8,14H,3,9-10H2,1-2H3,(H,17,20)(H,16,18,19)/t14-/m0/s1. The second kappa shape index (κ2) is 7.83. The van der Waals surface area contributed by atoms with Crippen LogP contribution in [0.4, 0.5) is 0 Å². The monoisotopic (exact) mass is 304 g/mol. The second-order valence-corrected chi connectivity index (χ2v) is 5.85. The number of aromatic nitrogens is 3. The molecular weight excluding hydrogens is 284 g/mol. The Morgan fingerprint density at radius 2 is 2.14 bits per heavy atom. The third kappa shape index (κ3) is 4.60. The van der Waals surface area contributed by atoms with E-state index in [0.29, 0.717) is 11.6 Å². The summed E-state index contributed by atoms with van der Waals surface area (Å²) in [7, 11) is 0. The van der Waals surface area contributed by atoms with Crippen LogP contribution in [-0.2, 0) is 4.79 Å². The normalized spacial score (nSPS) is 12.1. The van der Waals surface area contributed by atoms with Crippen LogP contribution >= 0.6 is 11.8 Å². The number of aryl methyl sites for hydroxylation is 1. The zero-order valence-corrected chi connectivity index (χ0v) is 13.1. The topological polar surface area (TPSA) is 70.7 Å². The molecule has 0 saturated carbocycles. The maximum absolute atomic E-state index is 12.1. The van der Waals surface area contributed by atoms with Crippen LogP contribution in [0.15, 0.2) is 30.3 Å². The first-order valence-corrected chi connectivity index (χ1v) is 8.17. The zero-order chi connectivity index (χ0) is 15.1. The summed E-state index contributed by atoms with van der Waals surface area (Å²) in [6, 6.07) is 9.46. The summed E-state index contributed by atoms with van der Waals surface area (Å²) in [4.78, 5) is 16.4. The maximum Gasteiger partial charge on any atom is 0.230 e.